The third-order valence-corrected chi connectivity index (χ3v) is 4.88. The monoisotopic (exact) mass is 408 g/mol. The molecule has 0 aliphatic heterocycles. The van der Waals surface area contributed by atoms with Gasteiger partial charge in [0.15, 0.2) is 0 Å². The van der Waals surface area contributed by atoms with Gasteiger partial charge < -0.3 is 9.47 Å². The van der Waals surface area contributed by atoms with E-state index in [0.29, 0.717) is 5.92 Å². The summed E-state index contributed by atoms with van der Waals surface area (Å²) in [6, 6.07) is 17.3. The van der Waals surface area contributed by atoms with Gasteiger partial charge in [-0.25, -0.2) is 0 Å². The maximum Gasteiger partial charge on any atom is 0.310 e. The molecule has 2 aromatic rings. The Kier molecular flexibility index (Phi) is 7.58. The lowest BCUT2D eigenvalue weighted by Crippen LogP contribution is -2.10. The van der Waals surface area contributed by atoms with Gasteiger partial charge in [0.25, 0.3) is 0 Å². The van der Waals surface area contributed by atoms with E-state index in [1.165, 1.54) is 0 Å². The summed E-state index contributed by atoms with van der Waals surface area (Å²) in [7, 11) is 0. The number of hydrogen-bond donors (Lipinski definition) is 0. The minimum atomic E-state index is -0.222. The number of benzene rings is 2. The topological polar surface area (TPSA) is 35.5 Å². The summed E-state index contributed by atoms with van der Waals surface area (Å²) in [6.45, 7) is 8.29. The van der Waals surface area contributed by atoms with Gasteiger partial charge in [-0.2, -0.15) is 0 Å². The van der Waals surface area contributed by atoms with E-state index < -0.39 is 0 Å². The smallest absolute Gasteiger partial charge is 0.310 e. The lowest BCUT2D eigenvalue weighted by molar-refractivity contribution is -0.147. The van der Waals surface area contributed by atoms with Crippen LogP contribution in [0.25, 0.3) is 0 Å². The molecule has 2 aromatic carbocycles. The number of rotatable bonds is 5. The zero-order valence-electron chi connectivity index (χ0n) is 16.1. The predicted octanol–water partition coefficient (Wildman–Crippen LogP) is 6.62. The molecule has 0 saturated heterocycles. The summed E-state index contributed by atoms with van der Waals surface area (Å²) in [5.74, 6) is 1.84. The summed E-state index contributed by atoms with van der Waals surface area (Å²) < 4.78 is 11.3. The fraction of sp³-hybridized carbons (Fsp3) is 0.409. The fourth-order valence-corrected chi connectivity index (χ4v) is 2.97. The van der Waals surface area contributed by atoms with E-state index in [4.69, 9.17) is 32.7 Å². The van der Waals surface area contributed by atoms with Crippen molar-refractivity contribution < 1.29 is 14.3 Å². The Morgan fingerprint density at radius 1 is 1.07 bits per heavy atom. The third kappa shape index (κ3) is 6.44. The Balaban J connectivity index is 0.000000596. The minimum absolute atomic E-state index is 0.0197. The predicted molar refractivity (Wildman–Crippen MR) is 110 cm³/mol. The van der Waals surface area contributed by atoms with E-state index in [-0.39, 0.29) is 28.7 Å². The van der Waals surface area contributed by atoms with Crippen LogP contribution in [-0.2, 0) is 16.1 Å². The normalized spacial score (nSPS) is 19.7. The summed E-state index contributed by atoms with van der Waals surface area (Å²) in [4.78, 5) is 11.9. The van der Waals surface area contributed by atoms with Gasteiger partial charge in [0.05, 0.1) is 5.92 Å². The molecule has 146 valence electrons. The molecule has 3 nitrogen and oxygen atoms in total. The molecule has 0 radical (unpaired) electrons. The van der Waals surface area contributed by atoms with E-state index in [2.05, 4.69) is 20.8 Å². The van der Waals surface area contributed by atoms with Crippen molar-refractivity contribution in [3.05, 3.63) is 60.2 Å². The van der Waals surface area contributed by atoms with E-state index >= 15 is 0 Å². The molecule has 1 aliphatic rings. The van der Waals surface area contributed by atoms with Gasteiger partial charge in [-0.1, -0.05) is 51.1 Å². The first kappa shape index (κ1) is 21.6. The highest BCUT2D eigenvalue weighted by Crippen LogP contribution is 2.58. The second-order valence-corrected chi connectivity index (χ2v) is 8.81. The van der Waals surface area contributed by atoms with Gasteiger partial charge in [0.1, 0.15) is 22.9 Å². The molecular formula is C22H26Cl2O3. The molecule has 0 amide bonds. The second kappa shape index (κ2) is 9.48. The van der Waals surface area contributed by atoms with E-state index in [0.717, 1.165) is 17.1 Å². The molecule has 1 saturated carbocycles. The molecule has 2 atom stereocenters. The number of esters is 1. The molecule has 0 heterocycles. The minimum Gasteiger partial charge on any atom is -0.461 e. The molecule has 3 rings (SSSR count). The van der Waals surface area contributed by atoms with Crippen molar-refractivity contribution in [3.63, 3.8) is 0 Å². The van der Waals surface area contributed by atoms with Crippen LogP contribution in [0.15, 0.2) is 54.6 Å². The Bertz CT molecular complexity index is 741. The Morgan fingerprint density at radius 2 is 1.63 bits per heavy atom. The van der Waals surface area contributed by atoms with Crippen LogP contribution in [0.3, 0.4) is 0 Å². The maximum atomic E-state index is 12.1. The van der Waals surface area contributed by atoms with Crippen molar-refractivity contribution in [2.45, 2.75) is 39.1 Å². The Hall–Kier alpha value is -1.71. The molecule has 0 aromatic heterocycles. The largest absolute Gasteiger partial charge is 0.461 e. The standard InChI is InChI=1S/C20H22O3.C2H4Cl2/c1-14-18(20(14,2)3)19(21)22-13-15-8-7-11-17(12-15)23-16-9-5-4-6-10-16;1-2(3)4/h4-12,14,18H,13H2,1-3H3;2H,1H3. The van der Waals surface area contributed by atoms with E-state index in [1.54, 1.807) is 6.92 Å². The van der Waals surface area contributed by atoms with Crippen LogP contribution in [0.4, 0.5) is 0 Å². The molecule has 1 fully saturated rings. The molecule has 0 bridgehead atoms. The van der Waals surface area contributed by atoms with Crippen molar-refractivity contribution in [3.8, 4) is 11.5 Å². The summed E-state index contributed by atoms with van der Waals surface area (Å²) in [5, 5.41) is 0. The number of carbonyl (C=O) groups excluding carboxylic acids is 1. The van der Waals surface area contributed by atoms with Gasteiger partial charge in [-0.05, 0) is 48.1 Å². The quantitative estimate of drug-likeness (QED) is 0.411. The zero-order valence-corrected chi connectivity index (χ0v) is 17.6. The van der Waals surface area contributed by atoms with Gasteiger partial charge in [-0.3, -0.25) is 4.79 Å². The van der Waals surface area contributed by atoms with Gasteiger partial charge in [0.2, 0.25) is 0 Å². The number of halogens is 2. The molecule has 27 heavy (non-hydrogen) atoms. The SMILES string of the molecule is CC(Cl)Cl.CC1C(C(=O)OCc2cccc(Oc3ccccc3)c2)C1(C)C. The first-order valence-corrected chi connectivity index (χ1v) is 9.85. The zero-order chi connectivity index (χ0) is 20.0. The van der Waals surface area contributed by atoms with Gasteiger partial charge in [0, 0.05) is 0 Å². The fourth-order valence-electron chi connectivity index (χ4n) is 2.97. The van der Waals surface area contributed by atoms with Crippen LogP contribution in [0.2, 0.25) is 0 Å². The lowest BCUT2D eigenvalue weighted by atomic mass is 10.1. The summed E-state index contributed by atoms with van der Waals surface area (Å²) in [5.41, 5.74) is 0.993. The molecule has 1 aliphatic carbocycles. The van der Waals surface area contributed by atoms with E-state index in [1.807, 2.05) is 54.6 Å². The Morgan fingerprint density at radius 3 is 2.19 bits per heavy atom. The third-order valence-electron chi connectivity index (χ3n) is 4.88. The van der Waals surface area contributed by atoms with Gasteiger partial charge in [-0.15, -0.1) is 23.2 Å². The highest BCUT2D eigenvalue weighted by molar-refractivity contribution is 6.43. The van der Waals surface area contributed by atoms with Crippen LogP contribution in [0, 0.1) is 17.3 Å². The summed E-state index contributed by atoms with van der Waals surface area (Å²) in [6.07, 6.45) is 0. The number of para-hydroxylation sites is 1. The van der Waals surface area contributed by atoms with Crippen LogP contribution >= 0.6 is 23.2 Å². The van der Waals surface area contributed by atoms with Crippen molar-refractivity contribution in [2.24, 2.45) is 17.3 Å². The van der Waals surface area contributed by atoms with Crippen molar-refractivity contribution in [1.82, 2.24) is 0 Å². The van der Waals surface area contributed by atoms with Crippen LogP contribution in [0.5, 0.6) is 11.5 Å². The van der Waals surface area contributed by atoms with Crippen molar-refractivity contribution in [2.75, 3.05) is 0 Å². The number of ether oxygens (including phenoxy) is 2. The highest BCUT2D eigenvalue weighted by atomic mass is 35.5. The molecule has 0 spiro atoms. The van der Waals surface area contributed by atoms with Crippen LogP contribution in [0.1, 0.15) is 33.3 Å². The number of alkyl halides is 2. The molecule has 2 unspecified atom stereocenters. The van der Waals surface area contributed by atoms with Crippen molar-refractivity contribution in [1.29, 1.82) is 0 Å². The molecule has 0 N–H and O–H groups in total. The van der Waals surface area contributed by atoms with Crippen LogP contribution < -0.4 is 4.74 Å². The van der Waals surface area contributed by atoms with E-state index in [9.17, 15) is 4.79 Å². The first-order chi connectivity index (χ1) is 12.7. The number of carbonyl (C=O) groups is 1. The lowest BCUT2D eigenvalue weighted by Gasteiger charge is -2.09. The van der Waals surface area contributed by atoms with Gasteiger partial charge >= 0.3 is 5.97 Å². The average Bonchev–Trinajstić information content (AvgIpc) is 3.11. The summed E-state index contributed by atoms with van der Waals surface area (Å²) >= 11 is 10.1. The molecular weight excluding hydrogens is 383 g/mol. The maximum absolute atomic E-state index is 12.1. The molecule has 5 heteroatoms. The second-order valence-electron chi connectivity index (χ2n) is 7.28. The Labute approximate surface area is 171 Å². The van der Waals surface area contributed by atoms with Crippen molar-refractivity contribution >= 4 is 29.2 Å². The average molecular weight is 409 g/mol. The number of hydrogen-bond acceptors (Lipinski definition) is 3. The first-order valence-electron chi connectivity index (χ1n) is 8.98. The van der Waals surface area contributed by atoms with Crippen LogP contribution in [-0.4, -0.2) is 10.8 Å². The highest BCUT2D eigenvalue weighted by Gasteiger charge is 2.59.